The maximum Gasteiger partial charge on any atom is 0.0667 e. The second-order valence-corrected chi connectivity index (χ2v) is 4.68. The maximum absolute atomic E-state index is 5.66. The van der Waals surface area contributed by atoms with Crippen LogP contribution in [0.5, 0.6) is 0 Å². The van der Waals surface area contributed by atoms with E-state index in [4.69, 9.17) is 4.74 Å². The fourth-order valence-electron chi connectivity index (χ4n) is 0.986. The molecule has 1 aliphatic rings. The zero-order valence-corrected chi connectivity index (χ0v) is 8.19. The lowest BCUT2D eigenvalue weighted by molar-refractivity contribution is -0.0136. The predicted molar refractivity (Wildman–Crippen MR) is 46.7 cm³/mol. The molecule has 0 aromatic carbocycles. The van der Waals surface area contributed by atoms with Crippen LogP contribution in [0.25, 0.3) is 0 Å². The van der Waals surface area contributed by atoms with Gasteiger partial charge in [-0.3, -0.25) is 0 Å². The number of hydrogen-bond donors (Lipinski definition) is 1. The molecule has 2 atom stereocenters. The molecule has 0 radical (unpaired) electrons. The average Bonchev–Trinajstić information content (AvgIpc) is 2.36. The number of rotatable bonds is 2. The molecule has 1 rings (SSSR count). The minimum atomic E-state index is -0.00694. The van der Waals surface area contributed by atoms with Crippen molar-refractivity contribution in [1.29, 1.82) is 0 Å². The summed E-state index contributed by atoms with van der Waals surface area (Å²) in [4.78, 5) is 0. The Labute approximate surface area is 69.3 Å². The van der Waals surface area contributed by atoms with Gasteiger partial charge in [-0.1, -0.05) is 0 Å². The van der Waals surface area contributed by atoms with E-state index < -0.39 is 0 Å². The van der Waals surface area contributed by atoms with Crippen molar-refractivity contribution in [3.8, 4) is 0 Å². The summed E-state index contributed by atoms with van der Waals surface area (Å²) >= 11 is 0. The fraction of sp³-hybridized carbons (Fsp3) is 1.00. The Kier molecular flexibility index (Phi) is 2.01. The molecule has 1 fully saturated rings. The van der Waals surface area contributed by atoms with E-state index in [1.165, 1.54) is 0 Å². The summed E-state index contributed by atoms with van der Waals surface area (Å²) in [6.07, 6.45) is 0. The molecule has 11 heavy (non-hydrogen) atoms. The van der Waals surface area contributed by atoms with Gasteiger partial charge in [0.2, 0.25) is 0 Å². The molecule has 66 valence electrons. The highest BCUT2D eigenvalue weighted by molar-refractivity contribution is 5.08. The van der Waals surface area contributed by atoms with E-state index in [9.17, 15) is 0 Å². The third-order valence-electron chi connectivity index (χ3n) is 2.22. The zero-order chi connectivity index (χ0) is 8.70. The van der Waals surface area contributed by atoms with Crippen molar-refractivity contribution in [2.45, 2.75) is 51.8 Å². The van der Waals surface area contributed by atoms with E-state index in [1.54, 1.807) is 0 Å². The van der Waals surface area contributed by atoms with Gasteiger partial charge in [-0.15, -0.1) is 0 Å². The summed E-state index contributed by atoms with van der Waals surface area (Å²) in [5.41, 5.74) is 0.236. The molecule has 1 aliphatic heterocycles. The number of ether oxygens (including phenoxy) is 1. The van der Waals surface area contributed by atoms with Gasteiger partial charge >= 0.3 is 0 Å². The van der Waals surface area contributed by atoms with Crippen LogP contribution in [0.1, 0.15) is 34.6 Å². The van der Waals surface area contributed by atoms with Gasteiger partial charge in [0.1, 0.15) is 0 Å². The van der Waals surface area contributed by atoms with Crippen LogP contribution in [0.15, 0.2) is 0 Å². The summed E-state index contributed by atoms with van der Waals surface area (Å²) in [6.45, 7) is 11.5. The molecule has 1 N–H and O–H groups in total. The van der Waals surface area contributed by atoms with Crippen molar-refractivity contribution in [1.82, 2.24) is 5.32 Å². The largest absolute Gasteiger partial charge is 0.374 e. The Morgan fingerprint density at radius 2 is 1.91 bits per heavy atom. The molecule has 1 heterocycles. The smallest absolute Gasteiger partial charge is 0.0667 e. The van der Waals surface area contributed by atoms with Crippen molar-refractivity contribution in [2.24, 2.45) is 0 Å². The summed E-state index contributed by atoms with van der Waals surface area (Å²) in [5.74, 6) is 0. The SMILES string of the molecule is CC1NC1(C)COC(C)(C)C. The highest BCUT2D eigenvalue weighted by atomic mass is 16.5. The van der Waals surface area contributed by atoms with Gasteiger partial charge in [0.15, 0.2) is 0 Å². The third kappa shape index (κ3) is 2.46. The summed E-state index contributed by atoms with van der Waals surface area (Å²) in [6, 6.07) is 0.616. The normalized spacial score (nSPS) is 37.4. The summed E-state index contributed by atoms with van der Waals surface area (Å²) < 4.78 is 5.66. The Morgan fingerprint density at radius 1 is 1.45 bits per heavy atom. The topological polar surface area (TPSA) is 31.2 Å². The van der Waals surface area contributed by atoms with Crippen LogP contribution >= 0.6 is 0 Å². The van der Waals surface area contributed by atoms with Gasteiger partial charge in [0.25, 0.3) is 0 Å². The molecule has 0 amide bonds. The zero-order valence-electron chi connectivity index (χ0n) is 8.19. The van der Waals surface area contributed by atoms with Crippen LogP contribution in [0.4, 0.5) is 0 Å². The fourth-order valence-corrected chi connectivity index (χ4v) is 0.986. The third-order valence-corrected chi connectivity index (χ3v) is 2.22. The average molecular weight is 157 g/mol. The second-order valence-electron chi connectivity index (χ2n) is 4.68. The lowest BCUT2D eigenvalue weighted by atomic mass is 10.1. The maximum atomic E-state index is 5.66. The molecule has 0 saturated carbocycles. The number of hydrogen-bond acceptors (Lipinski definition) is 2. The van der Waals surface area contributed by atoms with E-state index in [2.05, 4.69) is 39.9 Å². The highest BCUT2D eigenvalue weighted by Gasteiger charge is 2.46. The predicted octanol–water partition coefficient (Wildman–Crippen LogP) is 1.55. The Balaban J connectivity index is 2.24. The van der Waals surface area contributed by atoms with Crippen LogP contribution in [0.3, 0.4) is 0 Å². The molecule has 2 nitrogen and oxygen atoms in total. The van der Waals surface area contributed by atoms with E-state index in [0.717, 1.165) is 6.61 Å². The van der Waals surface area contributed by atoms with Crippen LogP contribution in [-0.4, -0.2) is 23.8 Å². The van der Waals surface area contributed by atoms with Crippen molar-refractivity contribution in [3.05, 3.63) is 0 Å². The molecule has 0 bridgehead atoms. The lowest BCUT2D eigenvalue weighted by Gasteiger charge is -2.21. The first-order valence-corrected chi connectivity index (χ1v) is 4.25. The first kappa shape index (κ1) is 9.01. The molecule has 2 unspecified atom stereocenters. The second kappa shape index (κ2) is 2.46. The minimum Gasteiger partial charge on any atom is -0.374 e. The standard InChI is InChI=1S/C9H19NO/c1-7-9(5,10-7)6-11-8(2,3)4/h7,10H,6H2,1-5H3. The summed E-state index contributed by atoms with van der Waals surface area (Å²) in [7, 11) is 0. The van der Waals surface area contributed by atoms with Gasteiger partial charge in [0.05, 0.1) is 17.7 Å². The van der Waals surface area contributed by atoms with Crippen molar-refractivity contribution in [3.63, 3.8) is 0 Å². The van der Waals surface area contributed by atoms with Crippen molar-refractivity contribution in [2.75, 3.05) is 6.61 Å². The van der Waals surface area contributed by atoms with E-state index in [1.807, 2.05) is 0 Å². The van der Waals surface area contributed by atoms with E-state index in [0.29, 0.717) is 6.04 Å². The Bertz CT molecular complexity index is 150. The number of nitrogens with one attached hydrogen (secondary N) is 1. The lowest BCUT2D eigenvalue weighted by Crippen LogP contribution is -2.28. The van der Waals surface area contributed by atoms with Gasteiger partial charge in [-0.2, -0.15) is 0 Å². The van der Waals surface area contributed by atoms with E-state index >= 15 is 0 Å². The van der Waals surface area contributed by atoms with Gasteiger partial charge in [0, 0.05) is 6.04 Å². The van der Waals surface area contributed by atoms with Crippen LogP contribution in [0, 0.1) is 0 Å². The van der Waals surface area contributed by atoms with Crippen LogP contribution < -0.4 is 5.32 Å². The molecule has 0 aromatic rings. The quantitative estimate of drug-likeness (QED) is 0.617. The van der Waals surface area contributed by atoms with E-state index in [-0.39, 0.29) is 11.1 Å². The molecule has 2 heteroatoms. The molecule has 0 aromatic heterocycles. The minimum absolute atomic E-state index is 0.00694. The molecular weight excluding hydrogens is 138 g/mol. The molecule has 0 spiro atoms. The van der Waals surface area contributed by atoms with Gasteiger partial charge < -0.3 is 10.1 Å². The molecule has 1 saturated heterocycles. The van der Waals surface area contributed by atoms with Crippen LogP contribution in [0.2, 0.25) is 0 Å². The molecular formula is C9H19NO. The van der Waals surface area contributed by atoms with Crippen molar-refractivity contribution < 1.29 is 4.74 Å². The van der Waals surface area contributed by atoms with Crippen molar-refractivity contribution >= 4 is 0 Å². The first-order chi connectivity index (χ1) is 4.83. The monoisotopic (exact) mass is 157 g/mol. The van der Waals surface area contributed by atoms with Crippen LogP contribution in [-0.2, 0) is 4.74 Å². The van der Waals surface area contributed by atoms with Gasteiger partial charge in [-0.05, 0) is 34.6 Å². The summed E-state index contributed by atoms with van der Waals surface area (Å²) in [5, 5.41) is 3.36. The Hall–Kier alpha value is -0.0800. The Morgan fingerprint density at radius 3 is 2.18 bits per heavy atom. The first-order valence-electron chi connectivity index (χ1n) is 4.25. The van der Waals surface area contributed by atoms with Gasteiger partial charge in [-0.25, -0.2) is 0 Å². The highest BCUT2D eigenvalue weighted by Crippen LogP contribution is 2.27. The molecule has 0 aliphatic carbocycles.